The quantitative estimate of drug-likeness (QED) is 0.576. The lowest BCUT2D eigenvalue weighted by Gasteiger charge is -2.36. The smallest absolute Gasteiger partial charge is 0.138 e. The Balaban J connectivity index is 1.73. The van der Waals surface area contributed by atoms with Gasteiger partial charge in [-0.15, -0.1) is 0 Å². The topological polar surface area (TPSA) is 105 Å². The van der Waals surface area contributed by atoms with Gasteiger partial charge in [-0.2, -0.15) is 0 Å². The van der Waals surface area contributed by atoms with Crippen molar-refractivity contribution in [3.8, 4) is 0 Å². The molecule has 0 heterocycles. The Bertz CT molecular complexity index is 667. The molecule has 6 heteroatoms. The van der Waals surface area contributed by atoms with Gasteiger partial charge in [-0.05, 0) is 11.1 Å². The maximum atomic E-state index is 10.5. The Morgan fingerprint density at radius 1 is 0.808 bits per heavy atom. The molecule has 0 bridgehead atoms. The van der Waals surface area contributed by atoms with Gasteiger partial charge in [0.2, 0.25) is 0 Å². The van der Waals surface area contributed by atoms with Crippen LogP contribution in [0, 0.1) is 0 Å². The van der Waals surface area contributed by atoms with E-state index in [-0.39, 0.29) is 13.2 Å². The van der Waals surface area contributed by atoms with Crippen molar-refractivity contribution in [1.82, 2.24) is 0 Å². The first-order valence-corrected chi connectivity index (χ1v) is 8.64. The Labute approximate surface area is 152 Å². The van der Waals surface area contributed by atoms with Crippen LogP contribution in [0.1, 0.15) is 11.1 Å². The predicted molar refractivity (Wildman–Crippen MR) is 96.1 cm³/mol. The Morgan fingerprint density at radius 2 is 1.35 bits per heavy atom. The van der Waals surface area contributed by atoms with Crippen molar-refractivity contribution in [3.05, 3.63) is 71.8 Å². The number of hydrogen-bond donors (Lipinski definition) is 4. The highest BCUT2D eigenvalue weighted by Crippen LogP contribution is 2.35. The lowest BCUT2D eigenvalue weighted by molar-refractivity contribution is -0.173. The molecule has 3 rings (SSSR count). The number of hydrogen-bond acceptors (Lipinski definition) is 6. The number of ether oxygens (including phenoxy) is 2. The van der Waals surface area contributed by atoms with Crippen molar-refractivity contribution in [1.29, 1.82) is 0 Å². The molecule has 1 fully saturated rings. The van der Waals surface area contributed by atoms with Crippen LogP contribution in [0.25, 0.3) is 0 Å². The molecule has 5 N–H and O–H groups in total. The van der Waals surface area contributed by atoms with E-state index >= 15 is 0 Å². The van der Waals surface area contributed by atoms with E-state index in [1.807, 2.05) is 60.7 Å². The highest BCUT2D eigenvalue weighted by molar-refractivity contribution is 5.17. The Morgan fingerprint density at radius 3 is 1.85 bits per heavy atom. The first-order valence-electron chi connectivity index (χ1n) is 8.64. The highest BCUT2D eigenvalue weighted by Gasteiger charge is 2.59. The molecule has 26 heavy (non-hydrogen) atoms. The second kappa shape index (κ2) is 8.26. The molecule has 0 aromatic heterocycles. The van der Waals surface area contributed by atoms with Gasteiger partial charge in [-0.1, -0.05) is 60.7 Å². The van der Waals surface area contributed by atoms with Crippen molar-refractivity contribution in [2.45, 2.75) is 43.2 Å². The van der Waals surface area contributed by atoms with Crippen molar-refractivity contribution in [2.24, 2.45) is 5.73 Å². The third-order valence-electron chi connectivity index (χ3n) is 4.90. The highest BCUT2D eigenvalue weighted by atomic mass is 16.6. The van der Waals surface area contributed by atoms with Crippen molar-refractivity contribution >= 4 is 0 Å². The van der Waals surface area contributed by atoms with Crippen LogP contribution in [-0.2, 0) is 22.7 Å². The van der Waals surface area contributed by atoms with E-state index in [2.05, 4.69) is 0 Å². The summed E-state index contributed by atoms with van der Waals surface area (Å²) < 4.78 is 11.7. The van der Waals surface area contributed by atoms with Crippen LogP contribution >= 0.6 is 0 Å². The van der Waals surface area contributed by atoms with Gasteiger partial charge in [0.25, 0.3) is 0 Å². The van der Waals surface area contributed by atoms with Gasteiger partial charge in [0.15, 0.2) is 0 Å². The van der Waals surface area contributed by atoms with Crippen LogP contribution < -0.4 is 5.73 Å². The fourth-order valence-corrected chi connectivity index (χ4v) is 3.27. The monoisotopic (exact) mass is 359 g/mol. The molecule has 0 amide bonds. The van der Waals surface area contributed by atoms with Gasteiger partial charge >= 0.3 is 0 Å². The molecule has 2 aromatic rings. The Kier molecular flexibility index (Phi) is 6.03. The number of rotatable bonds is 7. The van der Waals surface area contributed by atoms with E-state index in [4.69, 9.17) is 15.2 Å². The van der Waals surface area contributed by atoms with E-state index in [0.717, 1.165) is 11.1 Å². The standard InChI is InChI=1S/C20H25NO5/c21-18-16(22)17(23)19(24)20(18,26-12-15-9-5-2-6-10-15)13-25-11-14-7-3-1-4-8-14/h1-10,16-19,22-24H,11-13,21H2/t16-,17+,18-,19+,20+/m1/s1. The molecular weight excluding hydrogens is 334 g/mol. The first-order chi connectivity index (χ1) is 12.5. The molecule has 0 unspecified atom stereocenters. The lowest BCUT2D eigenvalue weighted by atomic mass is 9.95. The van der Waals surface area contributed by atoms with E-state index in [0.29, 0.717) is 6.61 Å². The molecule has 0 spiro atoms. The summed E-state index contributed by atoms with van der Waals surface area (Å²) in [7, 11) is 0. The molecule has 0 saturated heterocycles. The van der Waals surface area contributed by atoms with Crippen LogP contribution in [0.2, 0.25) is 0 Å². The third-order valence-corrected chi connectivity index (χ3v) is 4.90. The lowest BCUT2D eigenvalue weighted by Crippen LogP contribution is -2.58. The largest absolute Gasteiger partial charge is 0.389 e. The molecule has 1 aliphatic carbocycles. The number of nitrogens with two attached hydrogens (primary N) is 1. The fourth-order valence-electron chi connectivity index (χ4n) is 3.27. The summed E-state index contributed by atoms with van der Waals surface area (Å²) in [6.07, 6.45) is -4.03. The molecule has 6 nitrogen and oxygen atoms in total. The Hall–Kier alpha value is -1.80. The van der Waals surface area contributed by atoms with Gasteiger partial charge in [0.1, 0.15) is 23.9 Å². The van der Waals surface area contributed by atoms with Gasteiger partial charge in [-0.3, -0.25) is 0 Å². The van der Waals surface area contributed by atoms with Crippen LogP contribution in [0.3, 0.4) is 0 Å². The maximum absolute atomic E-state index is 10.5. The van der Waals surface area contributed by atoms with E-state index in [1.165, 1.54) is 0 Å². The molecule has 5 atom stereocenters. The molecule has 0 radical (unpaired) electrons. The van der Waals surface area contributed by atoms with Crippen molar-refractivity contribution in [3.63, 3.8) is 0 Å². The van der Waals surface area contributed by atoms with Crippen molar-refractivity contribution in [2.75, 3.05) is 6.61 Å². The summed E-state index contributed by atoms with van der Waals surface area (Å²) in [6.45, 7) is 0.438. The second-order valence-corrected chi connectivity index (χ2v) is 6.66. The minimum absolute atomic E-state index is 0.0504. The molecule has 1 saturated carbocycles. The summed E-state index contributed by atoms with van der Waals surface area (Å²) in [6, 6.07) is 18.0. The minimum atomic E-state index is -1.40. The number of aliphatic hydroxyl groups is 3. The van der Waals surface area contributed by atoms with Crippen LogP contribution in [0.4, 0.5) is 0 Å². The average molecular weight is 359 g/mol. The summed E-state index contributed by atoms with van der Waals surface area (Å²) in [5, 5.41) is 30.7. The van der Waals surface area contributed by atoms with E-state index in [1.54, 1.807) is 0 Å². The average Bonchev–Trinajstić information content (AvgIpc) is 2.84. The molecular formula is C20H25NO5. The third kappa shape index (κ3) is 3.81. The summed E-state index contributed by atoms with van der Waals surface area (Å²) in [5.74, 6) is 0. The number of benzene rings is 2. The minimum Gasteiger partial charge on any atom is -0.389 e. The van der Waals surface area contributed by atoms with Gasteiger partial charge < -0.3 is 30.5 Å². The molecule has 140 valence electrons. The maximum Gasteiger partial charge on any atom is 0.138 e. The molecule has 0 aliphatic heterocycles. The summed E-state index contributed by atoms with van der Waals surface area (Å²) >= 11 is 0. The zero-order chi connectivity index (χ0) is 18.6. The molecule has 2 aromatic carbocycles. The zero-order valence-corrected chi connectivity index (χ0v) is 14.4. The second-order valence-electron chi connectivity index (χ2n) is 6.66. The van der Waals surface area contributed by atoms with Gasteiger partial charge in [-0.25, -0.2) is 0 Å². The SMILES string of the molecule is N[C@@H]1[C@H](O)[C@H](O)[C@H](O)[C@@]1(COCc1ccccc1)OCc1ccccc1. The predicted octanol–water partition coefficient (Wildman–Crippen LogP) is 0.582. The van der Waals surface area contributed by atoms with Crippen LogP contribution in [0.15, 0.2) is 60.7 Å². The van der Waals surface area contributed by atoms with Crippen LogP contribution in [0.5, 0.6) is 0 Å². The summed E-state index contributed by atoms with van der Waals surface area (Å²) in [5.41, 5.74) is 6.57. The fraction of sp³-hybridized carbons (Fsp3) is 0.400. The summed E-state index contributed by atoms with van der Waals surface area (Å²) in [4.78, 5) is 0. The van der Waals surface area contributed by atoms with E-state index in [9.17, 15) is 15.3 Å². The number of aliphatic hydroxyl groups excluding tert-OH is 3. The normalized spacial score (nSPS) is 31.2. The first kappa shape index (κ1) is 19.0. The van der Waals surface area contributed by atoms with Crippen LogP contribution in [-0.4, -0.2) is 51.9 Å². The molecule has 1 aliphatic rings. The van der Waals surface area contributed by atoms with Crippen molar-refractivity contribution < 1.29 is 24.8 Å². The van der Waals surface area contributed by atoms with Gasteiger partial charge in [0, 0.05) is 0 Å². The van der Waals surface area contributed by atoms with Gasteiger partial charge in [0.05, 0.1) is 25.9 Å². The van der Waals surface area contributed by atoms with E-state index < -0.39 is 30.0 Å². The zero-order valence-electron chi connectivity index (χ0n) is 14.4.